The molecule has 0 unspecified atom stereocenters. The molecule has 3 nitrogen and oxygen atoms in total. The molecular weight excluding hydrogens is 265 g/mol. The molecule has 3 rings (SSSR count). The molecule has 2 aromatic carbocycles. The Morgan fingerprint density at radius 2 is 1.81 bits per heavy atom. The monoisotopic (exact) mass is 285 g/mol. The molecular formula is C17H20FN3. The van der Waals surface area contributed by atoms with Crippen LogP contribution in [0.3, 0.4) is 0 Å². The number of nitrogens with one attached hydrogen (secondary N) is 1. The third kappa shape index (κ3) is 2.47. The van der Waals surface area contributed by atoms with Gasteiger partial charge in [-0.3, -0.25) is 0 Å². The van der Waals surface area contributed by atoms with Crippen LogP contribution >= 0.6 is 0 Å². The second-order valence-electron chi connectivity index (χ2n) is 5.34. The topological polar surface area (TPSA) is 18.5 Å². The van der Waals surface area contributed by atoms with Crippen molar-refractivity contribution in [2.75, 3.05) is 37.0 Å². The van der Waals surface area contributed by atoms with Gasteiger partial charge < -0.3 is 15.1 Å². The highest BCUT2D eigenvalue weighted by Gasteiger charge is 2.24. The molecule has 1 heterocycles. The molecule has 0 bridgehead atoms. The minimum absolute atomic E-state index is 0.165. The van der Waals surface area contributed by atoms with E-state index < -0.39 is 0 Å². The van der Waals surface area contributed by atoms with Crippen LogP contribution in [0.15, 0.2) is 42.5 Å². The molecule has 0 saturated heterocycles. The quantitative estimate of drug-likeness (QED) is 0.934. The van der Waals surface area contributed by atoms with E-state index in [4.69, 9.17) is 0 Å². The van der Waals surface area contributed by atoms with E-state index >= 15 is 0 Å². The zero-order valence-electron chi connectivity index (χ0n) is 12.4. The van der Waals surface area contributed by atoms with Gasteiger partial charge in [0.15, 0.2) is 0 Å². The summed E-state index contributed by atoms with van der Waals surface area (Å²) in [6.45, 7) is 2.32. The molecule has 0 aliphatic carbocycles. The summed E-state index contributed by atoms with van der Waals surface area (Å²) in [5, 5.41) is 3.12. The van der Waals surface area contributed by atoms with Crippen LogP contribution in [0.5, 0.6) is 0 Å². The average Bonchev–Trinajstić information content (AvgIpc) is 2.50. The first-order valence-electron chi connectivity index (χ1n) is 7.22. The maximum atomic E-state index is 14.5. The van der Waals surface area contributed by atoms with Crippen molar-refractivity contribution in [3.63, 3.8) is 0 Å². The molecule has 0 saturated carbocycles. The fraction of sp³-hybridized carbons (Fsp3) is 0.294. The van der Waals surface area contributed by atoms with Crippen LogP contribution in [0, 0.1) is 5.82 Å². The number of hydrogen-bond donors (Lipinski definition) is 1. The molecule has 1 aliphatic rings. The highest BCUT2D eigenvalue weighted by atomic mass is 19.1. The number of hydrogen-bond acceptors (Lipinski definition) is 3. The minimum Gasteiger partial charge on any atom is -0.371 e. The van der Waals surface area contributed by atoms with Gasteiger partial charge in [-0.25, -0.2) is 4.39 Å². The lowest BCUT2D eigenvalue weighted by Crippen LogP contribution is -2.37. The zero-order chi connectivity index (χ0) is 14.8. The summed E-state index contributed by atoms with van der Waals surface area (Å²) in [4.78, 5) is 4.31. The van der Waals surface area contributed by atoms with Crippen LogP contribution in [0.1, 0.15) is 5.56 Å². The second-order valence-corrected chi connectivity index (χ2v) is 5.34. The van der Waals surface area contributed by atoms with Crippen LogP contribution < -0.4 is 15.1 Å². The van der Waals surface area contributed by atoms with Crippen LogP contribution in [0.2, 0.25) is 0 Å². The smallest absolute Gasteiger partial charge is 0.147 e. The number of para-hydroxylation sites is 3. The van der Waals surface area contributed by atoms with E-state index in [0.29, 0.717) is 12.2 Å². The van der Waals surface area contributed by atoms with Gasteiger partial charge >= 0.3 is 0 Å². The Morgan fingerprint density at radius 3 is 2.57 bits per heavy atom. The van der Waals surface area contributed by atoms with Gasteiger partial charge in [-0.05, 0) is 30.8 Å². The molecule has 2 aromatic rings. The standard InChI is InChI=1S/C17H20FN3/c1-19-12-13-6-5-7-14(18)17(13)21-11-10-20(2)15-8-3-4-9-16(15)21/h3-9,19H,10-12H2,1-2H3. The average molecular weight is 285 g/mol. The number of anilines is 3. The number of nitrogens with zero attached hydrogens (tertiary/aromatic N) is 2. The number of halogens is 1. The largest absolute Gasteiger partial charge is 0.371 e. The van der Waals surface area contributed by atoms with Crippen molar-refractivity contribution in [1.82, 2.24) is 5.32 Å². The number of benzene rings is 2. The van der Waals surface area contributed by atoms with Gasteiger partial charge in [0, 0.05) is 26.7 Å². The van der Waals surface area contributed by atoms with Crippen LogP contribution in [-0.4, -0.2) is 27.2 Å². The maximum absolute atomic E-state index is 14.5. The van der Waals surface area contributed by atoms with E-state index in [1.807, 2.05) is 25.2 Å². The van der Waals surface area contributed by atoms with Crippen LogP contribution in [-0.2, 0) is 6.54 Å². The predicted octanol–water partition coefficient (Wildman–Crippen LogP) is 3.13. The third-order valence-electron chi connectivity index (χ3n) is 3.95. The summed E-state index contributed by atoms with van der Waals surface area (Å²) in [7, 11) is 3.96. The highest BCUT2D eigenvalue weighted by Crippen LogP contribution is 2.39. The van der Waals surface area contributed by atoms with Crippen molar-refractivity contribution in [3.8, 4) is 0 Å². The lowest BCUT2D eigenvalue weighted by molar-refractivity contribution is 0.619. The highest BCUT2D eigenvalue weighted by molar-refractivity contribution is 5.80. The summed E-state index contributed by atoms with van der Waals surface area (Å²) in [5.41, 5.74) is 3.88. The Bertz CT molecular complexity index is 642. The Kier molecular flexibility index (Phi) is 3.80. The summed E-state index contributed by atoms with van der Waals surface area (Å²) < 4.78 is 14.5. The fourth-order valence-electron chi connectivity index (χ4n) is 2.93. The Morgan fingerprint density at radius 1 is 1.05 bits per heavy atom. The van der Waals surface area contributed by atoms with Gasteiger partial charge in [0.05, 0.1) is 17.1 Å². The van der Waals surface area contributed by atoms with Crippen molar-refractivity contribution in [2.24, 2.45) is 0 Å². The lowest BCUT2D eigenvalue weighted by Gasteiger charge is -2.38. The van der Waals surface area contributed by atoms with Crippen LogP contribution in [0.4, 0.5) is 21.5 Å². The molecule has 0 atom stereocenters. The van der Waals surface area contributed by atoms with Crippen molar-refractivity contribution in [1.29, 1.82) is 0 Å². The van der Waals surface area contributed by atoms with Crippen molar-refractivity contribution in [2.45, 2.75) is 6.54 Å². The first-order chi connectivity index (χ1) is 10.2. The molecule has 0 amide bonds. The molecule has 1 aliphatic heterocycles. The summed E-state index contributed by atoms with van der Waals surface area (Å²) in [6, 6.07) is 13.5. The van der Waals surface area contributed by atoms with E-state index in [0.717, 1.165) is 30.0 Å². The lowest BCUT2D eigenvalue weighted by atomic mass is 10.1. The van der Waals surface area contributed by atoms with Crippen molar-refractivity contribution < 1.29 is 4.39 Å². The molecule has 0 radical (unpaired) electrons. The molecule has 21 heavy (non-hydrogen) atoms. The first kappa shape index (κ1) is 13.9. The molecule has 1 N–H and O–H groups in total. The van der Waals surface area contributed by atoms with E-state index in [1.165, 1.54) is 6.07 Å². The zero-order valence-corrected chi connectivity index (χ0v) is 12.4. The Balaban J connectivity index is 2.12. The third-order valence-corrected chi connectivity index (χ3v) is 3.95. The summed E-state index contributed by atoms with van der Waals surface area (Å²) >= 11 is 0. The van der Waals surface area contributed by atoms with Crippen molar-refractivity contribution in [3.05, 3.63) is 53.8 Å². The van der Waals surface area contributed by atoms with Gasteiger partial charge in [0.1, 0.15) is 5.82 Å². The van der Waals surface area contributed by atoms with E-state index in [1.54, 1.807) is 6.07 Å². The molecule has 0 spiro atoms. The molecule has 0 aromatic heterocycles. The van der Waals surface area contributed by atoms with Crippen LogP contribution in [0.25, 0.3) is 0 Å². The summed E-state index contributed by atoms with van der Waals surface area (Å²) in [5.74, 6) is -0.165. The van der Waals surface area contributed by atoms with E-state index in [2.05, 4.69) is 34.3 Å². The van der Waals surface area contributed by atoms with Gasteiger partial charge in [-0.2, -0.15) is 0 Å². The number of rotatable bonds is 3. The van der Waals surface area contributed by atoms with E-state index in [9.17, 15) is 4.39 Å². The van der Waals surface area contributed by atoms with Gasteiger partial charge in [0.2, 0.25) is 0 Å². The molecule has 110 valence electrons. The predicted molar refractivity (Wildman–Crippen MR) is 85.9 cm³/mol. The van der Waals surface area contributed by atoms with Gasteiger partial charge in [0.25, 0.3) is 0 Å². The Labute approximate surface area is 125 Å². The number of fused-ring (bicyclic) bond motifs is 1. The van der Waals surface area contributed by atoms with Gasteiger partial charge in [-0.1, -0.05) is 24.3 Å². The molecule has 4 heteroatoms. The van der Waals surface area contributed by atoms with Crippen molar-refractivity contribution >= 4 is 17.1 Å². The van der Waals surface area contributed by atoms with Gasteiger partial charge in [-0.15, -0.1) is 0 Å². The Hall–Kier alpha value is -2.07. The van der Waals surface area contributed by atoms with E-state index in [-0.39, 0.29) is 5.82 Å². The summed E-state index contributed by atoms with van der Waals surface area (Å²) in [6.07, 6.45) is 0. The normalized spacial score (nSPS) is 14.2. The fourth-order valence-corrected chi connectivity index (χ4v) is 2.93. The number of likely N-dealkylation sites (N-methyl/N-ethyl adjacent to an activating group) is 1. The maximum Gasteiger partial charge on any atom is 0.147 e. The first-order valence-corrected chi connectivity index (χ1v) is 7.22. The minimum atomic E-state index is -0.165. The molecule has 0 fully saturated rings. The second kappa shape index (κ2) is 5.74. The SMILES string of the molecule is CNCc1cccc(F)c1N1CCN(C)c2ccccc21.